The van der Waals surface area contributed by atoms with Gasteiger partial charge in [0.05, 0.1) is 16.8 Å². The number of rotatable bonds is 3. The number of hydrogen-bond donors (Lipinski definition) is 0. The van der Waals surface area contributed by atoms with Crippen LogP contribution in [0.25, 0.3) is 10.7 Å². The van der Waals surface area contributed by atoms with Crippen molar-refractivity contribution in [2.45, 2.75) is 24.8 Å². The summed E-state index contributed by atoms with van der Waals surface area (Å²) in [6, 6.07) is 7.99. The number of amides is 1. The molecule has 0 spiro atoms. The molecule has 118 valence electrons. The maximum absolute atomic E-state index is 12.1. The molecule has 0 unspecified atom stereocenters. The second-order valence-electron chi connectivity index (χ2n) is 5.54. The molecule has 1 aliphatic rings. The first-order chi connectivity index (χ1) is 11.2. The third-order valence-electron chi connectivity index (χ3n) is 4.20. The van der Waals surface area contributed by atoms with Gasteiger partial charge in [-0.15, -0.1) is 22.7 Å². The number of carbonyl (C=O) groups is 1. The summed E-state index contributed by atoms with van der Waals surface area (Å²) in [5, 5.41) is 8.14. The molecular formula is C16H15N3O2S2. The summed E-state index contributed by atoms with van der Waals surface area (Å²) in [7, 11) is 1.86. The Morgan fingerprint density at radius 2 is 2.09 bits per heavy atom. The summed E-state index contributed by atoms with van der Waals surface area (Å²) in [4.78, 5) is 20.7. The van der Waals surface area contributed by atoms with Gasteiger partial charge in [0.2, 0.25) is 17.6 Å². The first kappa shape index (κ1) is 14.6. The van der Waals surface area contributed by atoms with E-state index < -0.39 is 0 Å². The van der Waals surface area contributed by atoms with Crippen LogP contribution in [0.5, 0.6) is 0 Å². The smallest absolute Gasteiger partial charge is 0.232 e. The van der Waals surface area contributed by atoms with E-state index >= 15 is 0 Å². The van der Waals surface area contributed by atoms with E-state index in [2.05, 4.69) is 16.2 Å². The van der Waals surface area contributed by atoms with Gasteiger partial charge in [0.15, 0.2) is 0 Å². The molecule has 3 aromatic rings. The van der Waals surface area contributed by atoms with E-state index in [1.165, 1.54) is 0 Å². The normalized spacial score (nSPS) is 21.8. The minimum atomic E-state index is -0.0344. The van der Waals surface area contributed by atoms with E-state index in [-0.39, 0.29) is 17.9 Å². The molecule has 4 heterocycles. The van der Waals surface area contributed by atoms with Crippen LogP contribution in [0.15, 0.2) is 39.5 Å². The molecule has 3 aromatic heterocycles. The number of likely N-dealkylation sites (N-methyl/N-ethyl adjacent to an activating group) is 1. The van der Waals surface area contributed by atoms with Crippen molar-refractivity contribution in [1.82, 2.24) is 15.0 Å². The maximum atomic E-state index is 12.1. The lowest BCUT2D eigenvalue weighted by Gasteiger charge is -2.36. The minimum Gasteiger partial charge on any atom is -0.339 e. The molecule has 0 saturated carbocycles. The predicted molar refractivity (Wildman–Crippen MR) is 89.4 cm³/mol. The Balaban J connectivity index is 1.70. The largest absolute Gasteiger partial charge is 0.339 e. The maximum Gasteiger partial charge on any atom is 0.232 e. The summed E-state index contributed by atoms with van der Waals surface area (Å²) >= 11 is 3.24. The van der Waals surface area contributed by atoms with E-state index in [1.807, 2.05) is 40.9 Å². The Bertz CT molecular complexity index is 795. The first-order valence-electron chi connectivity index (χ1n) is 7.40. The quantitative estimate of drug-likeness (QED) is 0.721. The number of aromatic nitrogens is 2. The monoisotopic (exact) mass is 345 g/mol. The lowest BCUT2D eigenvalue weighted by Crippen LogP contribution is -2.38. The molecule has 0 aliphatic carbocycles. The predicted octanol–water partition coefficient (Wildman–Crippen LogP) is 3.94. The van der Waals surface area contributed by atoms with Gasteiger partial charge >= 0.3 is 0 Å². The van der Waals surface area contributed by atoms with Gasteiger partial charge in [-0.1, -0.05) is 17.3 Å². The van der Waals surface area contributed by atoms with Gasteiger partial charge in [-0.2, -0.15) is 4.98 Å². The summed E-state index contributed by atoms with van der Waals surface area (Å²) in [6.45, 7) is 0. The Hall–Kier alpha value is -1.99. The number of hydrogen-bond acceptors (Lipinski definition) is 6. The highest BCUT2D eigenvalue weighted by molar-refractivity contribution is 7.13. The second kappa shape index (κ2) is 5.90. The number of likely N-dealkylation sites (tertiary alicyclic amines) is 1. The topological polar surface area (TPSA) is 59.2 Å². The third kappa shape index (κ3) is 2.60. The van der Waals surface area contributed by atoms with Gasteiger partial charge in [0.25, 0.3) is 0 Å². The summed E-state index contributed by atoms with van der Waals surface area (Å²) in [5.41, 5.74) is 0. The molecule has 1 fully saturated rings. The molecule has 0 aromatic carbocycles. The van der Waals surface area contributed by atoms with Crippen molar-refractivity contribution >= 4 is 28.6 Å². The first-order valence-corrected chi connectivity index (χ1v) is 9.16. The lowest BCUT2D eigenvalue weighted by molar-refractivity contribution is -0.135. The van der Waals surface area contributed by atoms with Crippen LogP contribution in [0.1, 0.15) is 35.6 Å². The number of piperidine rings is 1. The van der Waals surface area contributed by atoms with Gasteiger partial charge in [0.1, 0.15) is 0 Å². The number of thiophene rings is 2. The van der Waals surface area contributed by atoms with Crippen molar-refractivity contribution in [3.63, 3.8) is 0 Å². The molecular weight excluding hydrogens is 330 g/mol. The highest BCUT2D eigenvalue weighted by Crippen LogP contribution is 2.43. The van der Waals surface area contributed by atoms with E-state index in [0.717, 1.165) is 16.2 Å². The fourth-order valence-corrected chi connectivity index (χ4v) is 4.62. The Labute approximate surface area is 141 Å². The van der Waals surface area contributed by atoms with Crippen LogP contribution in [-0.2, 0) is 4.79 Å². The van der Waals surface area contributed by atoms with Crippen LogP contribution in [0.3, 0.4) is 0 Å². The van der Waals surface area contributed by atoms with E-state index in [9.17, 15) is 4.79 Å². The average Bonchev–Trinajstić information content (AvgIpc) is 3.31. The van der Waals surface area contributed by atoms with Gasteiger partial charge < -0.3 is 9.42 Å². The van der Waals surface area contributed by atoms with Crippen molar-refractivity contribution in [1.29, 1.82) is 0 Å². The van der Waals surface area contributed by atoms with E-state index in [1.54, 1.807) is 22.7 Å². The molecule has 5 nitrogen and oxygen atoms in total. The van der Waals surface area contributed by atoms with Crippen LogP contribution < -0.4 is 0 Å². The molecule has 0 radical (unpaired) electrons. The highest BCUT2D eigenvalue weighted by atomic mass is 32.1. The Morgan fingerprint density at radius 1 is 1.26 bits per heavy atom. The van der Waals surface area contributed by atoms with Gasteiger partial charge in [-0.3, -0.25) is 4.79 Å². The molecule has 1 saturated heterocycles. The molecule has 23 heavy (non-hydrogen) atoms. The van der Waals surface area contributed by atoms with Crippen molar-refractivity contribution in [3.05, 3.63) is 45.8 Å². The summed E-state index contributed by atoms with van der Waals surface area (Å²) in [5.74, 6) is 1.45. The molecule has 1 aliphatic heterocycles. The zero-order chi connectivity index (χ0) is 15.8. The third-order valence-corrected chi connectivity index (χ3v) is 6.00. The fraction of sp³-hybridized carbons (Fsp3) is 0.312. The standard InChI is InChI=1S/C16H15N3O2S2/c1-19-13(20)7-6-10(14(19)11-4-2-8-22-11)16-17-15(18-21-16)12-5-3-9-23-12/h2-5,8-10,14H,6-7H2,1H3/t10-,14-/m0/s1. The van der Waals surface area contributed by atoms with Crippen molar-refractivity contribution in [3.8, 4) is 10.7 Å². The van der Waals surface area contributed by atoms with Gasteiger partial charge in [-0.05, 0) is 29.3 Å². The van der Waals surface area contributed by atoms with Gasteiger partial charge in [0, 0.05) is 18.3 Å². The molecule has 4 rings (SSSR count). The number of carbonyl (C=O) groups excluding carboxylic acids is 1. The lowest BCUT2D eigenvalue weighted by atomic mass is 9.88. The zero-order valence-electron chi connectivity index (χ0n) is 12.5. The molecule has 0 bridgehead atoms. The molecule has 2 atom stereocenters. The van der Waals surface area contributed by atoms with Crippen LogP contribution in [0.2, 0.25) is 0 Å². The second-order valence-corrected chi connectivity index (χ2v) is 7.47. The molecule has 1 amide bonds. The zero-order valence-corrected chi connectivity index (χ0v) is 14.1. The average molecular weight is 345 g/mol. The van der Waals surface area contributed by atoms with E-state index in [0.29, 0.717) is 18.1 Å². The van der Waals surface area contributed by atoms with Crippen LogP contribution in [0.4, 0.5) is 0 Å². The van der Waals surface area contributed by atoms with Crippen LogP contribution in [-0.4, -0.2) is 28.0 Å². The van der Waals surface area contributed by atoms with Crippen LogP contribution in [0, 0.1) is 0 Å². The number of nitrogens with zero attached hydrogens (tertiary/aromatic N) is 3. The van der Waals surface area contributed by atoms with Gasteiger partial charge in [-0.25, -0.2) is 0 Å². The van der Waals surface area contributed by atoms with Crippen molar-refractivity contribution < 1.29 is 9.32 Å². The fourth-order valence-electron chi connectivity index (χ4n) is 3.04. The van der Waals surface area contributed by atoms with Crippen LogP contribution >= 0.6 is 22.7 Å². The molecule has 0 N–H and O–H groups in total. The summed E-state index contributed by atoms with van der Waals surface area (Å²) < 4.78 is 5.55. The molecule has 7 heteroatoms. The van der Waals surface area contributed by atoms with Crippen molar-refractivity contribution in [2.24, 2.45) is 0 Å². The van der Waals surface area contributed by atoms with Crippen molar-refractivity contribution in [2.75, 3.05) is 7.05 Å². The Kier molecular flexibility index (Phi) is 3.74. The summed E-state index contributed by atoms with van der Waals surface area (Å²) in [6.07, 6.45) is 1.25. The Morgan fingerprint density at radius 3 is 2.83 bits per heavy atom. The van der Waals surface area contributed by atoms with E-state index in [4.69, 9.17) is 4.52 Å². The highest BCUT2D eigenvalue weighted by Gasteiger charge is 2.39. The minimum absolute atomic E-state index is 0.0344. The SMILES string of the molecule is CN1C(=O)CC[C@H](c2nc(-c3cccs3)no2)[C@H]1c1cccs1.